The number of nitrogens with one attached hydrogen (secondary N) is 1. The SMILES string of the molecule is C[C@]1(c2cc(NC(=O)c3ccc(Cl)cn3)cc(F)c2F)N=C(N)S[C@@]2(C(F)F)C=C12. The molecule has 3 N–H and O–H groups in total. The first kappa shape index (κ1) is 20.7. The average Bonchev–Trinajstić information content (AvgIpc) is 3.42. The summed E-state index contributed by atoms with van der Waals surface area (Å²) in [6.07, 6.45) is -0.279. The van der Waals surface area contributed by atoms with E-state index in [1.807, 2.05) is 0 Å². The minimum atomic E-state index is -2.79. The topological polar surface area (TPSA) is 80.4 Å². The molecular weight excluding hydrogens is 444 g/mol. The molecule has 5 nitrogen and oxygen atoms in total. The number of carbonyl (C=O) groups excluding carboxylic acids is 1. The van der Waals surface area contributed by atoms with Gasteiger partial charge in [-0.15, -0.1) is 0 Å². The molecule has 1 aliphatic carbocycles. The molecule has 2 aromatic rings. The summed E-state index contributed by atoms with van der Waals surface area (Å²) in [5, 5.41) is 2.56. The number of amidine groups is 1. The van der Waals surface area contributed by atoms with E-state index >= 15 is 0 Å². The second-order valence-corrected chi connectivity index (χ2v) is 8.65. The van der Waals surface area contributed by atoms with Crippen LogP contribution in [0.25, 0.3) is 0 Å². The van der Waals surface area contributed by atoms with Gasteiger partial charge in [0.05, 0.1) is 5.02 Å². The third-order valence-electron chi connectivity index (χ3n) is 4.92. The molecule has 2 atom stereocenters. The molecule has 1 amide bonds. The summed E-state index contributed by atoms with van der Waals surface area (Å²) in [7, 11) is 0. The fourth-order valence-electron chi connectivity index (χ4n) is 3.41. The van der Waals surface area contributed by atoms with Crippen LogP contribution >= 0.6 is 23.4 Å². The van der Waals surface area contributed by atoms with Gasteiger partial charge >= 0.3 is 0 Å². The van der Waals surface area contributed by atoms with Gasteiger partial charge in [-0.2, -0.15) is 0 Å². The fraction of sp³-hybridized carbons (Fsp3) is 0.211. The van der Waals surface area contributed by atoms with Crippen LogP contribution in [0.15, 0.2) is 47.1 Å². The first-order valence-corrected chi connectivity index (χ1v) is 9.75. The number of aliphatic imine (C=N–C) groups is 1. The van der Waals surface area contributed by atoms with Crippen LogP contribution in [0.2, 0.25) is 5.02 Å². The number of hydrogen-bond acceptors (Lipinski definition) is 5. The van der Waals surface area contributed by atoms with Crippen molar-refractivity contribution < 1.29 is 22.4 Å². The minimum Gasteiger partial charge on any atom is -0.378 e. The molecule has 156 valence electrons. The zero-order valence-corrected chi connectivity index (χ0v) is 16.8. The number of benzene rings is 1. The van der Waals surface area contributed by atoms with Crippen molar-refractivity contribution >= 4 is 40.1 Å². The average molecular weight is 457 g/mol. The number of thioether (sulfide) groups is 1. The van der Waals surface area contributed by atoms with Crippen LogP contribution in [0.1, 0.15) is 23.0 Å². The van der Waals surface area contributed by atoms with Gasteiger partial charge in [-0.05, 0) is 30.7 Å². The van der Waals surface area contributed by atoms with E-state index < -0.39 is 34.3 Å². The molecule has 0 unspecified atom stereocenters. The van der Waals surface area contributed by atoms with Gasteiger partial charge in [0.15, 0.2) is 16.8 Å². The molecule has 0 saturated heterocycles. The number of rotatable bonds is 4. The monoisotopic (exact) mass is 456 g/mol. The number of hydrogen-bond donors (Lipinski definition) is 2. The van der Waals surface area contributed by atoms with E-state index in [9.17, 15) is 22.4 Å². The first-order chi connectivity index (χ1) is 14.1. The molecule has 2 heterocycles. The van der Waals surface area contributed by atoms with E-state index in [0.717, 1.165) is 12.1 Å². The van der Waals surface area contributed by atoms with Crippen LogP contribution in [0.5, 0.6) is 0 Å². The molecule has 0 spiro atoms. The maximum atomic E-state index is 14.7. The van der Waals surface area contributed by atoms with Crippen molar-refractivity contribution in [1.29, 1.82) is 0 Å². The van der Waals surface area contributed by atoms with Crippen LogP contribution in [-0.2, 0) is 5.54 Å². The quantitative estimate of drug-likeness (QED) is 0.525. The van der Waals surface area contributed by atoms with Gasteiger partial charge in [0.25, 0.3) is 12.3 Å². The number of fused-ring (bicyclic) bond motifs is 1. The van der Waals surface area contributed by atoms with Gasteiger partial charge in [-0.25, -0.2) is 27.5 Å². The Kier molecular flexibility index (Phi) is 4.81. The number of amides is 1. The Hall–Kier alpha value is -2.59. The molecule has 1 aromatic carbocycles. The van der Waals surface area contributed by atoms with E-state index in [4.69, 9.17) is 17.3 Å². The number of alkyl halides is 2. The van der Waals surface area contributed by atoms with Crippen LogP contribution in [0.4, 0.5) is 23.2 Å². The first-order valence-electron chi connectivity index (χ1n) is 8.55. The number of nitrogens with zero attached hydrogens (tertiary/aromatic N) is 2. The Bertz CT molecular complexity index is 1120. The maximum absolute atomic E-state index is 14.7. The summed E-state index contributed by atoms with van der Waals surface area (Å²) >= 11 is 6.40. The number of nitrogens with two attached hydrogens (primary N) is 1. The zero-order chi connectivity index (χ0) is 21.8. The van der Waals surface area contributed by atoms with E-state index in [1.54, 1.807) is 0 Å². The molecule has 0 bridgehead atoms. The smallest absolute Gasteiger partial charge is 0.274 e. The summed E-state index contributed by atoms with van der Waals surface area (Å²) in [4.78, 5) is 20.3. The van der Waals surface area contributed by atoms with Crippen molar-refractivity contribution in [3.63, 3.8) is 0 Å². The van der Waals surface area contributed by atoms with Gasteiger partial charge in [0.1, 0.15) is 16.0 Å². The van der Waals surface area contributed by atoms with Crippen molar-refractivity contribution in [2.45, 2.75) is 23.6 Å². The molecule has 1 aliphatic heterocycles. The van der Waals surface area contributed by atoms with E-state index in [-0.39, 0.29) is 27.7 Å². The fourth-order valence-corrected chi connectivity index (χ4v) is 4.67. The zero-order valence-electron chi connectivity index (χ0n) is 15.2. The number of anilines is 1. The molecule has 11 heteroatoms. The number of aromatic nitrogens is 1. The van der Waals surface area contributed by atoms with E-state index in [0.29, 0.717) is 16.8 Å². The molecule has 2 aliphatic rings. The van der Waals surface area contributed by atoms with Crippen molar-refractivity contribution in [3.8, 4) is 0 Å². The highest BCUT2D eigenvalue weighted by Gasteiger charge is 2.63. The van der Waals surface area contributed by atoms with E-state index in [1.165, 1.54) is 31.3 Å². The summed E-state index contributed by atoms with van der Waals surface area (Å²) < 4.78 is 54.6. The number of halogens is 5. The van der Waals surface area contributed by atoms with Crippen molar-refractivity contribution in [1.82, 2.24) is 4.98 Å². The minimum absolute atomic E-state index is 0.00477. The third kappa shape index (κ3) is 3.24. The molecule has 0 radical (unpaired) electrons. The molecule has 0 saturated carbocycles. The van der Waals surface area contributed by atoms with E-state index in [2.05, 4.69) is 15.3 Å². The lowest BCUT2D eigenvalue weighted by Gasteiger charge is -2.33. The van der Waals surface area contributed by atoms with Crippen LogP contribution in [-0.4, -0.2) is 27.2 Å². The molecule has 0 fully saturated rings. The molecule has 30 heavy (non-hydrogen) atoms. The summed E-state index contributed by atoms with van der Waals surface area (Å²) in [5.74, 6) is -3.23. The van der Waals surface area contributed by atoms with Gasteiger partial charge in [0.2, 0.25) is 0 Å². The predicted octanol–water partition coefficient (Wildman–Crippen LogP) is 4.49. The Morgan fingerprint density at radius 3 is 2.67 bits per heavy atom. The molecular formula is C19H13ClF4N4OS. The Morgan fingerprint density at radius 1 is 1.30 bits per heavy atom. The summed E-state index contributed by atoms with van der Waals surface area (Å²) in [6.45, 7) is 1.37. The molecule has 4 rings (SSSR count). The largest absolute Gasteiger partial charge is 0.378 e. The van der Waals surface area contributed by atoms with Crippen LogP contribution in [0.3, 0.4) is 0 Å². The lowest BCUT2D eigenvalue weighted by atomic mass is 9.86. The second kappa shape index (κ2) is 6.98. The maximum Gasteiger partial charge on any atom is 0.274 e. The highest BCUT2D eigenvalue weighted by atomic mass is 35.5. The number of pyridine rings is 1. The van der Waals surface area contributed by atoms with Crippen molar-refractivity contribution in [2.75, 3.05) is 5.32 Å². The summed E-state index contributed by atoms with van der Waals surface area (Å²) in [6, 6.07) is 4.73. The van der Waals surface area contributed by atoms with Crippen LogP contribution < -0.4 is 11.1 Å². The Labute approximate surface area is 177 Å². The standard InChI is InChI=1S/C19H13ClF4N4OS/c1-18(13-6-19(13,16(23)24)30-17(25)28-18)10-4-9(5-11(21)14(10)22)27-15(29)12-3-2-8(20)7-26-12/h2-7,16H,1H3,(H2,25,28)(H,27,29)/t18-,19+/m1/s1. The van der Waals surface area contributed by atoms with Gasteiger partial charge in [-0.1, -0.05) is 29.4 Å². The summed E-state index contributed by atoms with van der Waals surface area (Å²) in [5.41, 5.74) is 3.79. The lowest BCUT2D eigenvalue weighted by molar-refractivity contribution is 0.102. The van der Waals surface area contributed by atoms with Crippen LogP contribution in [0, 0.1) is 11.6 Å². The number of carbonyl (C=O) groups is 1. The third-order valence-corrected chi connectivity index (χ3v) is 6.30. The highest BCUT2D eigenvalue weighted by Crippen LogP contribution is 2.62. The molecule has 1 aromatic heterocycles. The predicted molar refractivity (Wildman–Crippen MR) is 107 cm³/mol. The lowest BCUT2D eigenvalue weighted by Crippen LogP contribution is -2.38. The highest BCUT2D eigenvalue weighted by molar-refractivity contribution is 8.15. The van der Waals surface area contributed by atoms with Crippen molar-refractivity contribution in [3.05, 3.63) is 70.0 Å². The van der Waals surface area contributed by atoms with Gasteiger partial charge in [-0.3, -0.25) is 4.79 Å². The van der Waals surface area contributed by atoms with Gasteiger partial charge < -0.3 is 11.1 Å². The Balaban J connectivity index is 1.72. The Morgan fingerprint density at radius 2 is 2.03 bits per heavy atom. The second-order valence-electron chi connectivity index (χ2n) is 6.91. The van der Waals surface area contributed by atoms with Crippen molar-refractivity contribution in [2.24, 2.45) is 10.7 Å². The normalized spacial score (nSPS) is 24.8. The van der Waals surface area contributed by atoms with Gasteiger partial charge in [0, 0.05) is 23.5 Å².